The molecule has 5 nitrogen and oxygen atoms in total. The molecule has 0 fully saturated rings. The predicted octanol–water partition coefficient (Wildman–Crippen LogP) is 1.06. The van der Waals surface area contributed by atoms with Crippen LogP contribution in [0.3, 0.4) is 0 Å². The number of hydrogen-bond acceptors (Lipinski definition) is 3. The molecular formula is C12H14N4O. The number of aryl methyl sites for hydroxylation is 1. The van der Waals surface area contributed by atoms with Crippen molar-refractivity contribution >= 4 is 11.6 Å². The van der Waals surface area contributed by atoms with Gasteiger partial charge in [0.25, 0.3) is 0 Å². The maximum atomic E-state index is 11.8. The van der Waals surface area contributed by atoms with Crippen LogP contribution in [0.1, 0.15) is 11.6 Å². The molecule has 1 heterocycles. The van der Waals surface area contributed by atoms with Crippen molar-refractivity contribution in [2.24, 2.45) is 12.8 Å². The molecule has 88 valence electrons. The third-order valence-electron chi connectivity index (χ3n) is 2.41. The molecule has 0 aliphatic rings. The normalized spacial score (nSPS) is 12.1. The number of anilines is 1. The Labute approximate surface area is 99.2 Å². The van der Waals surface area contributed by atoms with Crippen molar-refractivity contribution in [3.8, 4) is 0 Å². The molecule has 1 aromatic heterocycles. The molecule has 1 unspecified atom stereocenters. The number of nitrogens with zero attached hydrogens (tertiary/aromatic N) is 2. The molecule has 5 heteroatoms. The first-order valence-electron chi connectivity index (χ1n) is 5.27. The van der Waals surface area contributed by atoms with E-state index in [2.05, 4.69) is 10.4 Å². The van der Waals surface area contributed by atoms with Crippen molar-refractivity contribution in [2.45, 2.75) is 6.04 Å². The van der Waals surface area contributed by atoms with Crippen molar-refractivity contribution in [1.82, 2.24) is 9.78 Å². The van der Waals surface area contributed by atoms with E-state index in [1.54, 1.807) is 24.1 Å². The summed E-state index contributed by atoms with van der Waals surface area (Å²) in [4.78, 5) is 11.8. The number of benzene rings is 1. The minimum Gasteiger partial charge on any atom is -0.322 e. The van der Waals surface area contributed by atoms with Gasteiger partial charge in [-0.2, -0.15) is 5.10 Å². The van der Waals surface area contributed by atoms with Gasteiger partial charge < -0.3 is 11.1 Å². The van der Waals surface area contributed by atoms with Crippen LogP contribution < -0.4 is 11.1 Å². The largest absolute Gasteiger partial charge is 0.322 e. The van der Waals surface area contributed by atoms with Gasteiger partial charge in [0.1, 0.15) is 6.04 Å². The Hall–Kier alpha value is -2.14. The zero-order chi connectivity index (χ0) is 12.3. The first-order valence-corrected chi connectivity index (χ1v) is 5.27. The number of amides is 1. The first kappa shape index (κ1) is 11.3. The van der Waals surface area contributed by atoms with E-state index in [-0.39, 0.29) is 5.91 Å². The highest BCUT2D eigenvalue weighted by Crippen LogP contribution is 2.12. The lowest BCUT2D eigenvalue weighted by Crippen LogP contribution is -2.27. The number of carbonyl (C=O) groups excluding carboxylic acids is 1. The van der Waals surface area contributed by atoms with Crippen molar-refractivity contribution < 1.29 is 4.79 Å². The van der Waals surface area contributed by atoms with Crippen LogP contribution in [0.25, 0.3) is 0 Å². The number of carbonyl (C=O) groups is 1. The summed E-state index contributed by atoms with van der Waals surface area (Å²) >= 11 is 0. The number of aromatic nitrogens is 2. The van der Waals surface area contributed by atoms with E-state index in [1.807, 2.05) is 30.3 Å². The molecule has 0 radical (unpaired) electrons. The fourth-order valence-electron chi connectivity index (χ4n) is 1.52. The molecule has 0 bridgehead atoms. The van der Waals surface area contributed by atoms with Crippen LogP contribution in [0.5, 0.6) is 0 Å². The van der Waals surface area contributed by atoms with Crippen LogP contribution in [0.2, 0.25) is 0 Å². The Bertz CT molecular complexity index is 506. The lowest BCUT2D eigenvalue weighted by Gasteiger charge is -2.11. The molecule has 0 aliphatic carbocycles. The second-order valence-corrected chi connectivity index (χ2v) is 3.78. The van der Waals surface area contributed by atoms with Gasteiger partial charge in [-0.25, -0.2) is 0 Å². The van der Waals surface area contributed by atoms with Gasteiger partial charge in [0.05, 0.1) is 11.9 Å². The highest BCUT2D eigenvalue weighted by molar-refractivity contribution is 5.95. The molecular weight excluding hydrogens is 216 g/mol. The van der Waals surface area contributed by atoms with Crippen molar-refractivity contribution in [1.29, 1.82) is 0 Å². The van der Waals surface area contributed by atoms with E-state index in [9.17, 15) is 4.79 Å². The van der Waals surface area contributed by atoms with Gasteiger partial charge in [0.15, 0.2) is 0 Å². The Morgan fingerprint density at radius 2 is 2.12 bits per heavy atom. The first-order chi connectivity index (χ1) is 8.16. The summed E-state index contributed by atoms with van der Waals surface area (Å²) in [5.74, 6) is -0.246. The van der Waals surface area contributed by atoms with Crippen molar-refractivity contribution in [3.05, 3.63) is 48.3 Å². The lowest BCUT2D eigenvalue weighted by atomic mass is 10.1. The van der Waals surface area contributed by atoms with Gasteiger partial charge >= 0.3 is 0 Å². The van der Waals surface area contributed by atoms with Crippen LogP contribution in [0, 0.1) is 0 Å². The Morgan fingerprint density at radius 1 is 1.41 bits per heavy atom. The Kier molecular flexibility index (Phi) is 3.20. The molecule has 0 spiro atoms. The number of hydrogen-bond donors (Lipinski definition) is 2. The van der Waals surface area contributed by atoms with Crippen LogP contribution in [-0.4, -0.2) is 15.7 Å². The lowest BCUT2D eigenvalue weighted by molar-refractivity contribution is -0.117. The third kappa shape index (κ3) is 2.70. The zero-order valence-corrected chi connectivity index (χ0v) is 9.50. The van der Waals surface area contributed by atoms with E-state index in [4.69, 9.17) is 5.73 Å². The maximum Gasteiger partial charge on any atom is 0.245 e. The van der Waals surface area contributed by atoms with Crippen LogP contribution in [0.4, 0.5) is 5.69 Å². The minimum absolute atomic E-state index is 0.246. The summed E-state index contributed by atoms with van der Waals surface area (Å²) in [6.07, 6.45) is 3.30. The Morgan fingerprint density at radius 3 is 2.71 bits per heavy atom. The average Bonchev–Trinajstić information content (AvgIpc) is 2.75. The SMILES string of the molecule is Cn1cc(NC(=O)C(N)c2ccccc2)cn1. The Balaban J connectivity index is 2.06. The highest BCUT2D eigenvalue weighted by atomic mass is 16.2. The fraction of sp³-hybridized carbons (Fsp3) is 0.167. The minimum atomic E-state index is -0.670. The second-order valence-electron chi connectivity index (χ2n) is 3.78. The predicted molar refractivity (Wildman–Crippen MR) is 65.2 cm³/mol. The molecule has 0 saturated carbocycles. The molecule has 2 rings (SSSR count). The van der Waals surface area contributed by atoms with E-state index < -0.39 is 6.04 Å². The third-order valence-corrected chi connectivity index (χ3v) is 2.41. The molecule has 1 aromatic carbocycles. The second kappa shape index (κ2) is 4.80. The molecule has 17 heavy (non-hydrogen) atoms. The monoisotopic (exact) mass is 230 g/mol. The summed E-state index contributed by atoms with van der Waals surface area (Å²) in [5.41, 5.74) is 7.28. The fourth-order valence-corrected chi connectivity index (χ4v) is 1.52. The number of nitrogens with two attached hydrogens (primary N) is 1. The summed E-state index contributed by atoms with van der Waals surface area (Å²) in [5, 5.41) is 6.68. The van der Waals surface area contributed by atoms with Gasteiger partial charge in [-0.1, -0.05) is 30.3 Å². The van der Waals surface area contributed by atoms with Crippen LogP contribution in [0.15, 0.2) is 42.7 Å². The van der Waals surface area contributed by atoms with Crippen molar-refractivity contribution in [2.75, 3.05) is 5.32 Å². The summed E-state index contributed by atoms with van der Waals surface area (Å²) in [6.45, 7) is 0. The molecule has 1 amide bonds. The van der Waals surface area contributed by atoms with E-state index in [0.717, 1.165) is 5.56 Å². The zero-order valence-electron chi connectivity index (χ0n) is 9.50. The molecule has 0 aliphatic heterocycles. The van der Waals surface area contributed by atoms with E-state index in [0.29, 0.717) is 5.69 Å². The summed E-state index contributed by atoms with van der Waals surface area (Å²) < 4.78 is 1.61. The standard InChI is InChI=1S/C12H14N4O/c1-16-8-10(7-14-16)15-12(17)11(13)9-5-3-2-4-6-9/h2-8,11H,13H2,1H3,(H,15,17). The van der Waals surface area contributed by atoms with Gasteiger partial charge in [-0.15, -0.1) is 0 Å². The molecule has 0 saturated heterocycles. The number of rotatable bonds is 3. The van der Waals surface area contributed by atoms with Gasteiger partial charge in [-0.3, -0.25) is 9.48 Å². The van der Waals surface area contributed by atoms with Gasteiger partial charge in [-0.05, 0) is 5.56 Å². The summed E-state index contributed by atoms with van der Waals surface area (Å²) in [7, 11) is 1.78. The molecule has 3 N–H and O–H groups in total. The van der Waals surface area contributed by atoms with Crippen LogP contribution in [-0.2, 0) is 11.8 Å². The van der Waals surface area contributed by atoms with E-state index in [1.165, 1.54) is 0 Å². The smallest absolute Gasteiger partial charge is 0.245 e. The highest BCUT2D eigenvalue weighted by Gasteiger charge is 2.15. The molecule has 1 atom stereocenters. The quantitative estimate of drug-likeness (QED) is 0.828. The van der Waals surface area contributed by atoms with Gasteiger partial charge in [0.2, 0.25) is 5.91 Å². The maximum absolute atomic E-state index is 11.8. The average molecular weight is 230 g/mol. The number of nitrogens with one attached hydrogen (secondary N) is 1. The topological polar surface area (TPSA) is 72.9 Å². The van der Waals surface area contributed by atoms with E-state index >= 15 is 0 Å². The van der Waals surface area contributed by atoms with Crippen molar-refractivity contribution in [3.63, 3.8) is 0 Å². The summed E-state index contributed by atoms with van der Waals surface area (Å²) in [6, 6.07) is 8.58. The van der Waals surface area contributed by atoms with Gasteiger partial charge in [0, 0.05) is 13.2 Å². The molecule has 2 aromatic rings. The van der Waals surface area contributed by atoms with Crippen LogP contribution >= 0.6 is 0 Å².